The number of hydrogen-bond donors (Lipinski definition) is 2. The van der Waals surface area contributed by atoms with E-state index in [9.17, 15) is 4.79 Å². The van der Waals surface area contributed by atoms with E-state index in [0.29, 0.717) is 0 Å². The normalized spacial score (nSPS) is 10.9. The molecule has 0 saturated heterocycles. The Balaban J connectivity index is 1.43. The number of aryl methyl sites for hydroxylation is 2. The highest BCUT2D eigenvalue weighted by Crippen LogP contribution is 2.22. The van der Waals surface area contributed by atoms with Gasteiger partial charge in [-0.15, -0.1) is 15.3 Å². The van der Waals surface area contributed by atoms with Crippen molar-refractivity contribution in [1.82, 2.24) is 40.7 Å². The first-order chi connectivity index (χ1) is 13.1. The summed E-state index contributed by atoms with van der Waals surface area (Å²) < 4.78 is 1.54. The van der Waals surface area contributed by atoms with E-state index in [-0.39, 0.29) is 18.1 Å². The average molecular weight is 380 g/mol. The maximum atomic E-state index is 12.4. The van der Waals surface area contributed by atoms with Gasteiger partial charge in [0.05, 0.1) is 24.1 Å². The van der Waals surface area contributed by atoms with Gasteiger partial charge < -0.3 is 5.32 Å². The van der Waals surface area contributed by atoms with Gasteiger partial charge in [-0.05, 0) is 13.8 Å². The monoisotopic (exact) mass is 380 g/mol. The van der Waals surface area contributed by atoms with Crippen molar-refractivity contribution in [2.45, 2.75) is 20.4 Å². The molecule has 0 unspecified atom stereocenters. The summed E-state index contributed by atoms with van der Waals surface area (Å²) in [5.41, 5.74) is 3.65. The molecule has 1 amide bonds. The topological polar surface area (TPSA) is 114 Å². The van der Waals surface area contributed by atoms with Gasteiger partial charge in [-0.2, -0.15) is 5.10 Å². The molecule has 136 valence electrons. The standard InChI is InChI=1S/C17H16N8OS/c1-10-15(11(2)20-19-10)25-9-13(21-24-25)16(26)18-8-14-22-23-17(27-14)12-6-4-3-5-7-12/h3-7,9H,8H2,1-2H3,(H,18,26)(H,19,20). The molecule has 4 rings (SSSR count). The third-order valence-corrected chi connectivity index (χ3v) is 4.90. The van der Waals surface area contributed by atoms with Gasteiger partial charge in [-0.3, -0.25) is 9.89 Å². The Kier molecular flexibility index (Phi) is 4.47. The van der Waals surface area contributed by atoms with E-state index < -0.39 is 0 Å². The Morgan fingerprint density at radius 1 is 1.19 bits per heavy atom. The third-order valence-electron chi connectivity index (χ3n) is 3.93. The Morgan fingerprint density at radius 3 is 2.74 bits per heavy atom. The molecule has 3 heterocycles. The van der Waals surface area contributed by atoms with Crippen molar-refractivity contribution in [1.29, 1.82) is 0 Å². The highest BCUT2D eigenvalue weighted by Gasteiger charge is 2.16. The summed E-state index contributed by atoms with van der Waals surface area (Å²) in [7, 11) is 0. The van der Waals surface area contributed by atoms with Crippen molar-refractivity contribution in [2.75, 3.05) is 0 Å². The number of benzene rings is 1. The van der Waals surface area contributed by atoms with Crippen molar-refractivity contribution < 1.29 is 4.79 Å². The molecule has 9 nitrogen and oxygen atoms in total. The number of rotatable bonds is 5. The molecule has 0 fully saturated rings. The van der Waals surface area contributed by atoms with Crippen LogP contribution >= 0.6 is 11.3 Å². The van der Waals surface area contributed by atoms with Gasteiger partial charge in [0.25, 0.3) is 5.91 Å². The summed E-state index contributed by atoms with van der Waals surface area (Å²) in [5.74, 6) is -0.323. The van der Waals surface area contributed by atoms with E-state index in [0.717, 1.165) is 32.7 Å². The molecule has 0 saturated carbocycles. The summed E-state index contributed by atoms with van der Waals surface area (Å²) in [5, 5.41) is 27.6. The van der Waals surface area contributed by atoms with Crippen molar-refractivity contribution >= 4 is 17.2 Å². The molecule has 0 bridgehead atoms. The number of amides is 1. The van der Waals surface area contributed by atoms with Gasteiger partial charge in [0, 0.05) is 5.56 Å². The lowest BCUT2D eigenvalue weighted by atomic mass is 10.2. The second-order valence-corrected chi connectivity index (χ2v) is 6.94. The third kappa shape index (κ3) is 3.47. The molecule has 27 heavy (non-hydrogen) atoms. The number of hydrogen-bond acceptors (Lipinski definition) is 7. The first kappa shape index (κ1) is 17.0. The van der Waals surface area contributed by atoms with Crippen molar-refractivity contribution in [3.8, 4) is 16.3 Å². The van der Waals surface area contributed by atoms with E-state index in [1.54, 1.807) is 10.9 Å². The Hall–Kier alpha value is -3.40. The largest absolute Gasteiger partial charge is 0.344 e. The minimum atomic E-state index is -0.323. The van der Waals surface area contributed by atoms with Crippen LogP contribution in [-0.2, 0) is 6.54 Å². The molecule has 3 aromatic heterocycles. The minimum Gasteiger partial charge on any atom is -0.344 e. The van der Waals surface area contributed by atoms with Crippen LogP contribution in [0.4, 0.5) is 0 Å². The van der Waals surface area contributed by atoms with Crippen LogP contribution in [0.2, 0.25) is 0 Å². The number of aromatic nitrogens is 7. The molecule has 0 aliphatic rings. The average Bonchev–Trinajstić information content (AvgIpc) is 3.41. The van der Waals surface area contributed by atoms with Crippen molar-refractivity contribution in [3.63, 3.8) is 0 Å². The summed E-state index contributed by atoms with van der Waals surface area (Å²) >= 11 is 1.44. The SMILES string of the molecule is Cc1n[nH]c(C)c1-n1cc(C(=O)NCc2nnc(-c3ccccc3)s2)nn1. The van der Waals surface area contributed by atoms with Gasteiger partial charge in [0.1, 0.15) is 15.7 Å². The van der Waals surface area contributed by atoms with E-state index >= 15 is 0 Å². The van der Waals surface area contributed by atoms with Gasteiger partial charge in [-0.1, -0.05) is 46.9 Å². The molecule has 0 aliphatic carbocycles. The lowest BCUT2D eigenvalue weighted by Gasteiger charge is -1.99. The zero-order chi connectivity index (χ0) is 18.8. The molecule has 10 heteroatoms. The van der Waals surface area contributed by atoms with E-state index in [1.165, 1.54) is 11.3 Å². The summed E-state index contributed by atoms with van der Waals surface area (Å²) in [6.07, 6.45) is 1.58. The Bertz CT molecular complexity index is 1060. The van der Waals surface area contributed by atoms with Crippen LogP contribution in [0, 0.1) is 13.8 Å². The molecule has 4 aromatic rings. The molecule has 1 aromatic carbocycles. The van der Waals surface area contributed by atoms with Gasteiger partial charge in [0.15, 0.2) is 5.69 Å². The second kappa shape index (κ2) is 7.08. The second-order valence-electron chi connectivity index (χ2n) is 5.88. The number of nitrogens with one attached hydrogen (secondary N) is 2. The van der Waals surface area contributed by atoms with Gasteiger partial charge in [0.2, 0.25) is 0 Å². The van der Waals surface area contributed by atoms with Crippen LogP contribution in [-0.4, -0.2) is 41.3 Å². The van der Waals surface area contributed by atoms with Crippen molar-refractivity contribution in [3.05, 3.63) is 58.6 Å². The lowest BCUT2D eigenvalue weighted by Crippen LogP contribution is -2.23. The maximum Gasteiger partial charge on any atom is 0.273 e. The molecule has 0 spiro atoms. The first-order valence-electron chi connectivity index (χ1n) is 8.22. The fraction of sp³-hybridized carbons (Fsp3) is 0.176. The van der Waals surface area contributed by atoms with E-state index in [1.807, 2.05) is 44.2 Å². The molecule has 0 aliphatic heterocycles. The smallest absolute Gasteiger partial charge is 0.273 e. The Labute approximate surface area is 158 Å². The fourth-order valence-electron chi connectivity index (χ4n) is 2.63. The molecule has 0 atom stereocenters. The minimum absolute atomic E-state index is 0.225. The number of carbonyl (C=O) groups excluding carboxylic acids is 1. The predicted molar refractivity (Wildman–Crippen MR) is 99.5 cm³/mol. The van der Waals surface area contributed by atoms with E-state index in [2.05, 4.69) is 36.0 Å². The first-order valence-corrected chi connectivity index (χ1v) is 9.04. The van der Waals surface area contributed by atoms with Crippen LogP contribution in [0.3, 0.4) is 0 Å². The zero-order valence-corrected chi connectivity index (χ0v) is 15.5. The fourth-order valence-corrected chi connectivity index (χ4v) is 3.41. The summed E-state index contributed by atoms with van der Waals surface area (Å²) in [4.78, 5) is 12.4. The van der Waals surface area contributed by atoms with Crippen LogP contribution in [0.5, 0.6) is 0 Å². The van der Waals surface area contributed by atoms with Crippen LogP contribution in [0.25, 0.3) is 16.3 Å². The summed E-state index contributed by atoms with van der Waals surface area (Å²) in [6, 6.07) is 9.79. The maximum absolute atomic E-state index is 12.4. The number of carbonyl (C=O) groups is 1. The van der Waals surface area contributed by atoms with Crippen LogP contribution in [0.15, 0.2) is 36.5 Å². The molecular formula is C17H16N8OS. The highest BCUT2D eigenvalue weighted by molar-refractivity contribution is 7.14. The van der Waals surface area contributed by atoms with Gasteiger partial charge in [-0.25, -0.2) is 4.68 Å². The predicted octanol–water partition coefficient (Wildman–Crippen LogP) is 2.06. The van der Waals surface area contributed by atoms with Crippen LogP contribution < -0.4 is 5.32 Å². The van der Waals surface area contributed by atoms with E-state index in [4.69, 9.17) is 0 Å². The Morgan fingerprint density at radius 2 is 2.00 bits per heavy atom. The number of aromatic amines is 1. The highest BCUT2D eigenvalue weighted by atomic mass is 32.1. The molecular weight excluding hydrogens is 364 g/mol. The quantitative estimate of drug-likeness (QED) is 0.548. The zero-order valence-electron chi connectivity index (χ0n) is 14.7. The van der Waals surface area contributed by atoms with Gasteiger partial charge >= 0.3 is 0 Å². The summed E-state index contributed by atoms with van der Waals surface area (Å²) in [6.45, 7) is 4.02. The van der Waals surface area contributed by atoms with Crippen molar-refractivity contribution in [2.24, 2.45) is 0 Å². The number of nitrogens with zero attached hydrogens (tertiary/aromatic N) is 6. The van der Waals surface area contributed by atoms with Crippen LogP contribution in [0.1, 0.15) is 26.9 Å². The lowest BCUT2D eigenvalue weighted by molar-refractivity contribution is 0.0945. The molecule has 2 N–H and O–H groups in total. The number of H-pyrrole nitrogens is 1. The molecule has 0 radical (unpaired) electrons.